The van der Waals surface area contributed by atoms with Gasteiger partial charge in [0.2, 0.25) is 0 Å². The van der Waals surface area contributed by atoms with Gasteiger partial charge < -0.3 is 4.90 Å². The van der Waals surface area contributed by atoms with Crippen molar-refractivity contribution in [1.29, 1.82) is 0 Å². The lowest BCUT2D eigenvalue weighted by Crippen LogP contribution is -2.32. The van der Waals surface area contributed by atoms with E-state index in [1.165, 1.54) is 0 Å². The molecule has 0 heterocycles. The van der Waals surface area contributed by atoms with Crippen LogP contribution in [0.5, 0.6) is 0 Å². The van der Waals surface area contributed by atoms with Crippen LogP contribution in [0.2, 0.25) is 0 Å². The summed E-state index contributed by atoms with van der Waals surface area (Å²) in [6.07, 6.45) is 3.35. The standard InChI is InChI=1S/C72H45F6N/c1-3-44-24-28-50(29-25-44)71(67-63(73)36-38-65(75)69(67)77)59-22-10-8-20-55(59)57-34-32-53(42-61(57)71)79(52-19-13-18-49(41-52)48-17-12-16-47(40-48)46-14-6-5-7-15-46)54-33-35-58-56-21-9-11-23-60(56)72(62(58)43-54,51-30-26-45(4-2)27-31-51)68-64(74)37-39-66(76)70(68)78/h3-43H,1-2H2. The van der Waals surface area contributed by atoms with Gasteiger partial charge in [0.1, 0.15) is 11.6 Å². The van der Waals surface area contributed by atoms with E-state index in [2.05, 4.69) is 37.4 Å². The van der Waals surface area contributed by atoms with Crippen molar-refractivity contribution in [2.45, 2.75) is 10.8 Å². The summed E-state index contributed by atoms with van der Waals surface area (Å²) in [4.78, 5) is 2.00. The van der Waals surface area contributed by atoms with Gasteiger partial charge in [-0.25, -0.2) is 26.3 Å². The fourth-order valence-corrected chi connectivity index (χ4v) is 12.5. The van der Waals surface area contributed by atoms with Crippen molar-refractivity contribution in [1.82, 2.24) is 0 Å². The molecule has 0 bridgehead atoms. The highest BCUT2D eigenvalue weighted by Gasteiger charge is 2.52. The Kier molecular flexibility index (Phi) is 11.8. The van der Waals surface area contributed by atoms with E-state index in [-0.39, 0.29) is 0 Å². The molecular weight excluding hydrogens is 993 g/mol. The van der Waals surface area contributed by atoms with Crippen LogP contribution < -0.4 is 4.90 Å². The van der Waals surface area contributed by atoms with Crippen molar-refractivity contribution < 1.29 is 26.3 Å². The van der Waals surface area contributed by atoms with Crippen LogP contribution in [0, 0.1) is 34.9 Å². The van der Waals surface area contributed by atoms with Crippen LogP contribution >= 0.6 is 0 Å². The Labute approximate surface area is 454 Å². The molecule has 0 radical (unpaired) electrons. The molecule has 0 N–H and O–H groups in total. The third-order valence-corrected chi connectivity index (χ3v) is 16.0. The summed E-state index contributed by atoms with van der Waals surface area (Å²) in [6, 6.07) is 70.6. The number of halogens is 6. The number of hydrogen-bond donors (Lipinski definition) is 0. The van der Waals surface area contributed by atoms with Gasteiger partial charge in [-0.3, -0.25) is 0 Å². The van der Waals surface area contributed by atoms with E-state index >= 15 is 26.3 Å². The lowest BCUT2D eigenvalue weighted by atomic mass is 9.67. The van der Waals surface area contributed by atoms with Gasteiger partial charge >= 0.3 is 0 Å². The summed E-state index contributed by atoms with van der Waals surface area (Å²) in [5.74, 6) is -6.93. The molecule has 0 aliphatic heterocycles. The molecule has 1 nitrogen and oxygen atoms in total. The molecule has 13 rings (SSSR count). The number of hydrogen-bond acceptors (Lipinski definition) is 1. The third kappa shape index (κ3) is 7.48. The maximum atomic E-state index is 17.1. The van der Waals surface area contributed by atoms with Crippen LogP contribution in [0.25, 0.3) is 56.7 Å². The van der Waals surface area contributed by atoms with Gasteiger partial charge in [-0.15, -0.1) is 0 Å². The molecule has 2 atom stereocenters. The lowest BCUT2D eigenvalue weighted by molar-refractivity contribution is 0.464. The van der Waals surface area contributed by atoms with Crippen molar-refractivity contribution in [2.24, 2.45) is 0 Å². The summed E-state index contributed by atoms with van der Waals surface area (Å²) in [6.45, 7) is 7.88. The van der Waals surface area contributed by atoms with E-state index in [4.69, 9.17) is 0 Å². The first-order valence-electron chi connectivity index (χ1n) is 25.8. The molecule has 0 saturated carbocycles. The Bertz CT molecular complexity index is 4050. The van der Waals surface area contributed by atoms with Gasteiger partial charge in [0, 0.05) is 28.2 Å². The first kappa shape index (κ1) is 48.9. The molecule has 7 heteroatoms. The summed E-state index contributed by atoms with van der Waals surface area (Å²) in [7, 11) is 0. The average Bonchev–Trinajstić information content (AvgIpc) is 3.25. The Hall–Kier alpha value is -9.72. The molecule has 11 aromatic carbocycles. The molecule has 0 aromatic heterocycles. The van der Waals surface area contributed by atoms with Crippen LogP contribution in [0.15, 0.2) is 250 Å². The van der Waals surface area contributed by atoms with Crippen LogP contribution in [0.1, 0.15) is 55.6 Å². The van der Waals surface area contributed by atoms with E-state index < -0.39 is 56.9 Å². The van der Waals surface area contributed by atoms with Crippen LogP contribution in [-0.4, -0.2) is 0 Å². The molecule has 0 amide bonds. The lowest BCUT2D eigenvalue weighted by Gasteiger charge is -2.36. The monoisotopic (exact) mass is 1040 g/mol. The van der Waals surface area contributed by atoms with Gasteiger partial charge in [0.15, 0.2) is 23.3 Å². The van der Waals surface area contributed by atoms with Crippen molar-refractivity contribution in [2.75, 3.05) is 4.90 Å². The summed E-state index contributed by atoms with van der Waals surface area (Å²) < 4.78 is 100. The normalized spacial score (nSPS) is 15.7. The van der Waals surface area contributed by atoms with Gasteiger partial charge in [0.05, 0.1) is 10.8 Å². The van der Waals surface area contributed by atoms with Crippen molar-refractivity contribution in [3.8, 4) is 44.5 Å². The first-order chi connectivity index (χ1) is 38.6. The van der Waals surface area contributed by atoms with Gasteiger partial charge in [0.25, 0.3) is 0 Å². The molecule has 2 aliphatic carbocycles. The van der Waals surface area contributed by atoms with E-state index in [0.29, 0.717) is 72.7 Å². The Morgan fingerprint density at radius 1 is 0.304 bits per heavy atom. The quantitative estimate of drug-likeness (QED) is 0.0922. The molecule has 380 valence electrons. The zero-order valence-electron chi connectivity index (χ0n) is 42.3. The van der Waals surface area contributed by atoms with Gasteiger partial charge in [-0.1, -0.05) is 195 Å². The molecule has 0 fully saturated rings. The summed E-state index contributed by atoms with van der Waals surface area (Å²) in [5, 5.41) is 0. The van der Waals surface area contributed by atoms with E-state index in [0.717, 1.165) is 57.6 Å². The second kappa shape index (κ2) is 19.1. The maximum Gasteiger partial charge on any atom is 0.166 e. The summed E-state index contributed by atoms with van der Waals surface area (Å²) >= 11 is 0. The van der Waals surface area contributed by atoms with Crippen LogP contribution in [0.3, 0.4) is 0 Å². The number of rotatable bonds is 11. The SMILES string of the molecule is C=Cc1ccc(C2(c3c(F)ccc(F)c3F)c3ccccc3-c3ccc(N(c4cccc(-c5cccc(-c6ccccc6)c5)c4)c4ccc5c(c4)C(c4ccc(C=C)cc4)(c4c(F)ccc(F)c4F)c4ccccc4-5)cc32)cc1. The first-order valence-corrected chi connectivity index (χ1v) is 25.8. The topological polar surface area (TPSA) is 3.24 Å². The van der Waals surface area contributed by atoms with Crippen molar-refractivity contribution >= 4 is 29.2 Å². The van der Waals surface area contributed by atoms with Crippen LogP contribution in [0.4, 0.5) is 43.4 Å². The smallest absolute Gasteiger partial charge is 0.166 e. The minimum absolute atomic E-state index is 0.476. The molecule has 11 aromatic rings. The molecule has 0 spiro atoms. The second-order valence-electron chi connectivity index (χ2n) is 20.0. The zero-order valence-corrected chi connectivity index (χ0v) is 42.3. The predicted molar refractivity (Wildman–Crippen MR) is 307 cm³/mol. The Morgan fingerprint density at radius 2 is 0.684 bits per heavy atom. The number of anilines is 3. The van der Waals surface area contributed by atoms with Gasteiger partial charge in [-0.05, 0) is 156 Å². The van der Waals surface area contributed by atoms with E-state index in [1.807, 2.05) is 169 Å². The predicted octanol–water partition coefficient (Wildman–Crippen LogP) is 19.3. The van der Waals surface area contributed by atoms with Gasteiger partial charge in [-0.2, -0.15) is 0 Å². The second-order valence-corrected chi connectivity index (χ2v) is 20.0. The minimum Gasteiger partial charge on any atom is -0.310 e. The Morgan fingerprint density at radius 3 is 1.16 bits per heavy atom. The minimum atomic E-state index is -1.75. The number of nitrogens with zero attached hydrogens (tertiary/aromatic N) is 1. The van der Waals surface area contributed by atoms with E-state index in [9.17, 15) is 0 Å². The average molecular weight is 1040 g/mol. The number of fused-ring (bicyclic) bond motifs is 6. The van der Waals surface area contributed by atoms with Crippen LogP contribution in [-0.2, 0) is 10.8 Å². The molecule has 79 heavy (non-hydrogen) atoms. The zero-order chi connectivity index (χ0) is 54.2. The van der Waals surface area contributed by atoms with E-state index in [1.54, 1.807) is 36.4 Å². The largest absolute Gasteiger partial charge is 0.310 e. The summed E-state index contributed by atoms with van der Waals surface area (Å²) in [5.41, 5.74) is 8.42. The number of benzene rings is 11. The Balaban J connectivity index is 1.12. The highest BCUT2D eigenvalue weighted by Crippen LogP contribution is 2.61. The van der Waals surface area contributed by atoms with Crippen molar-refractivity contribution in [3.05, 3.63) is 340 Å². The highest BCUT2D eigenvalue weighted by atomic mass is 19.2. The molecular formula is C72H45F6N. The molecule has 2 unspecified atom stereocenters. The molecule has 2 aliphatic rings. The van der Waals surface area contributed by atoms with Crippen molar-refractivity contribution in [3.63, 3.8) is 0 Å². The maximum absolute atomic E-state index is 17.1. The molecule has 0 saturated heterocycles. The highest BCUT2D eigenvalue weighted by molar-refractivity contribution is 5.93. The fourth-order valence-electron chi connectivity index (χ4n) is 12.5. The fraction of sp³-hybridized carbons (Fsp3) is 0.0278. The third-order valence-electron chi connectivity index (χ3n) is 16.0.